The van der Waals surface area contributed by atoms with Gasteiger partial charge in [0.2, 0.25) is 5.91 Å². The van der Waals surface area contributed by atoms with Crippen LogP contribution in [0.25, 0.3) is 11.1 Å². The molecule has 0 saturated heterocycles. The monoisotopic (exact) mass is 329 g/mol. The van der Waals surface area contributed by atoms with Crippen LogP contribution in [0.3, 0.4) is 0 Å². The summed E-state index contributed by atoms with van der Waals surface area (Å²) in [5.74, 6) is -0.341. The average Bonchev–Trinajstić information content (AvgIpc) is 3.36. The summed E-state index contributed by atoms with van der Waals surface area (Å²) in [4.78, 5) is 24.2. The number of methoxy groups -OCH3 is 1. The maximum atomic E-state index is 12.2. The van der Waals surface area contributed by atoms with Crippen molar-refractivity contribution in [2.45, 2.75) is 26.2 Å². The second-order valence-corrected chi connectivity index (χ2v) is 6.54. The van der Waals surface area contributed by atoms with Crippen LogP contribution in [0.5, 0.6) is 0 Å². The molecule has 0 unspecified atom stereocenters. The average molecular weight is 329 g/mol. The summed E-state index contributed by atoms with van der Waals surface area (Å²) >= 11 is 1.37. The third-order valence-electron chi connectivity index (χ3n) is 4.04. The molecule has 1 saturated carbocycles. The lowest BCUT2D eigenvalue weighted by Crippen LogP contribution is -2.15. The second kappa shape index (κ2) is 6.54. The summed E-state index contributed by atoms with van der Waals surface area (Å²) in [6.45, 7) is 2.10. The number of thiophene rings is 1. The number of amides is 1. The normalized spacial score (nSPS) is 13.7. The number of carbonyl (C=O) groups is 2. The number of anilines is 1. The van der Waals surface area contributed by atoms with Crippen molar-refractivity contribution in [2.24, 2.45) is 5.92 Å². The Labute approximate surface area is 139 Å². The van der Waals surface area contributed by atoms with E-state index in [2.05, 4.69) is 24.4 Å². The zero-order valence-corrected chi connectivity index (χ0v) is 14.0. The number of esters is 1. The fraction of sp³-hybridized carbons (Fsp3) is 0.333. The third kappa shape index (κ3) is 3.29. The van der Waals surface area contributed by atoms with E-state index in [9.17, 15) is 9.59 Å². The van der Waals surface area contributed by atoms with Crippen molar-refractivity contribution >= 4 is 28.2 Å². The summed E-state index contributed by atoms with van der Waals surface area (Å²) in [5.41, 5.74) is 3.43. The van der Waals surface area contributed by atoms with Gasteiger partial charge in [-0.15, -0.1) is 11.3 Å². The number of benzene rings is 1. The molecule has 1 heterocycles. The van der Waals surface area contributed by atoms with Gasteiger partial charge in [0.15, 0.2) is 0 Å². The highest BCUT2D eigenvalue weighted by Gasteiger charge is 2.31. The van der Waals surface area contributed by atoms with Gasteiger partial charge in [0.05, 0.1) is 7.11 Å². The van der Waals surface area contributed by atoms with E-state index in [0.717, 1.165) is 30.4 Å². The quantitative estimate of drug-likeness (QED) is 0.840. The van der Waals surface area contributed by atoms with Crippen LogP contribution in [0.2, 0.25) is 0 Å². The van der Waals surface area contributed by atoms with E-state index in [1.165, 1.54) is 24.0 Å². The highest BCUT2D eigenvalue weighted by Crippen LogP contribution is 2.38. The van der Waals surface area contributed by atoms with Crippen molar-refractivity contribution in [2.75, 3.05) is 12.4 Å². The van der Waals surface area contributed by atoms with E-state index in [1.54, 1.807) is 0 Å². The Morgan fingerprint density at radius 1 is 1.26 bits per heavy atom. The molecule has 2 aromatic rings. The van der Waals surface area contributed by atoms with Gasteiger partial charge in [-0.05, 0) is 30.4 Å². The predicted molar refractivity (Wildman–Crippen MR) is 91.8 cm³/mol. The molecular weight excluding hydrogens is 310 g/mol. The van der Waals surface area contributed by atoms with Crippen LogP contribution in [-0.4, -0.2) is 19.0 Å². The highest BCUT2D eigenvalue weighted by atomic mass is 32.1. The topological polar surface area (TPSA) is 55.4 Å². The summed E-state index contributed by atoms with van der Waals surface area (Å²) in [6.07, 6.45) is 2.82. The summed E-state index contributed by atoms with van der Waals surface area (Å²) < 4.78 is 4.92. The van der Waals surface area contributed by atoms with E-state index >= 15 is 0 Å². The summed E-state index contributed by atoms with van der Waals surface area (Å²) in [7, 11) is 1.36. The SMILES string of the molecule is CCc1ccc(-c2csc(NC(=O)C3CC3)c2C(=O)OC)cc1. The Kier molecular flexibility index (Phi) is 4.48. The smallest absolute Gasteiger partial charge is 0.341 e. The molecule has 1 aliphatic carbocycles. The molecular formula is C18H19NO3S. The first-order valence-corrected chi connectivity index (χ1v) is 8.62. The van der Waals surface area contributed by atoms with Gasteiger partial charge in [-0.25, -0.2) is 4.79 Å². The van der Waals surface area contributed by atoms with Crippen molar-refractivity contribution in [1.29, 1.82) is 0 Å². The fourth-order valence-electron chi connectivity index (χ4n) is 2.45. The first kappa shape index (κ1) is 15.7. The minimum atomic E-state index is -0.424. The third-order valence-corrected chi connectivity index (χ3v) is 4.93. The molecule has 5 heteroatoms. The van der Waals surface area contributed by atoms with Crippen LogP contribution >= 0.6 is 11.3 Å². The largest absolute Gasteiger partial charge is 0.465 e. The van der Waals surface area contributed by atoms with E-state index < -0.39 is 5.97 Å². The minimum Gasteiger partial charge on any atom is -0.465 e. The second-order valence-electron chi connectivity index (χ2n) is 5.66. The molecule has 120 valence electrons. The van der Waals surface area contributed by atoms with Gasteiger partial charge < -0.3 is 10.1 Å². The number of ether oxygens (including phenoxy) is 1. The predicted octanol–water partition coefficient (Wildman–Crippen LogP) is 4.11. The standard InChI is InChI=1S/C18H19NO3S/c1-3-11-4-6-12(7-5-11)14-10-23-17(15(14)18(21)22-2)19-16(20)13-8-9-13/h4-7,10,13H,3,8-9H2,1-2H3,(H,19,20). The molecule has 0 bridgehead atoms. The lowest BCUT2D eigenvalue weighted by molar-refractivity contribution is -0.117. The van der Waals surface area contributed by atoms with Crippen molar-refractivity contribution in [3.8, 4) is 11.1 Å². The lowest BCUT2D eigenvalue weighted by atomic mass is 10.0. The fourth-order valence-corrected chi connectivity index (χ4v) is 3.41. The van der Waals surface area contributed by atoms with E-state index in [4.69, 9.17) is 4.74 Å². The molecule has 1 aromatic heterocycles. The van der Waals surface area contributed by atoms with Crippen molar-refractivity contribution in [3.63, 3.8) is 0 Å². The summed E-state index contributed by atoms with van der Waals surface area (Å²) in [6, 6.07) is 8.10. The van der Waals surface area contributed by atoms with Gasteiger partial charge in [0, 0.05) is 16.9 Å². The maximum Gasteiger partial charge on any atom is 0.341 e. The van der Waals surface area contributed by atoms with Gasteiger partial charge in [-0.2, -0.15) is 0 Å². The Hall–Kier alpha value is -2.14. The van der Waals surface area contributed by atoms with Gasteiger partial charge >= 0.3 is 5.97 Å². The number of nitrogens with one attached hydrogen (secondary N) is 1. The molecule has 3 rings (SSSR count). The number of hydrogen-bond donors (Lipinski definition) is 1. The first-order valence-electron chi connectivity index (χ1n) is 7.74. The highest BCUT2D eigenvalue weighted by molar-refractivity contribution is 7.15. The van der Waals surface area contributed by atoms with Crippen molar-refractivity contribution < 1.29 is 14.3 Å². The molecule has 1 amide bonds. The molecule has 1 N–H and O–H groups in total. The van der Waals surface area contributed by atoms with Crippen LogP contribution in [0.15, 0.2) is 29.6 Å². The van der Waals surface area contributed by atoms with Crippen LogP contribution < -0.4 is 5.32 Å². The van der Waals surface area contributed by atoms with Crippen LogP contribution in [0.1, 0.15) is 35.7 Å². The minimum absolute atomic E-state index is 0.00937. The number of carbonyl (C=O) groups excluding carboxylic acids is 2. The molecule has 0 aliphatic heterocycles. The van der Waals surface area contributed by atoms with Gasteiger partial charge in [0.25, 0.3) is 0 Å². The Morgan fingerprint density at radius 2 is 1.96 bits per heavy atom. The Bertz CT molecular complexity index is 729. The number of aryl methyl sites for hydroxylation is 1. The lowest BCUT2D eigenvalue weighted by Gasteiger charge is -2.08. The summed E-state index contributed by atoms with van der Waals surface area (Å²) in [5, 5.41) is 5.35. The molecule has 1 aromatic carbocycles. The van der Waals surface area contributed by atoms with E-state index in [0.29, 0.717) is 10.6 Å². The van der Waals surface area contributed by atoms with Gasteiger partial charge in [-0.1, -0.05) is 31.2 Å². The van der Waals surface area contributed by atoms with Gasteiger partial charge in [-0.3, -0.25) is 4.79 Å². The van der Waals surface area contributed by atoms with Gasteiger partial charge in [0.1, 0.15) is 10.6 Å². The van der Waals surface area contributed by atoms with E-state index in [1.807, 2.05) is 17.5 Å². The van der Waals surface area contributed by atoms with Crippen molar-refractivity contribution in [1.82, 2.24) is 0 Å². The van der Waals surface area contributed by atoms with Crippen LogP contribution in [0.4, 0.5) is 5.00 Å². The van der Waals surface area contributed by atoms with Crippen molar-refractivity contribution in [3.05, 3.63) is 40.8 Å². The molecule has 0 radical (unpaired) electrons. The molecule has 1 fully saturated rings. The number of rotatable bonds is 5. The Balaban J connectivity index is 1.96. The molecule has 4 nitrogen and oxygen atoms in total. The Morgan fingerprint density at radius 3 is 2.52 bits per heavy atom. The zero-order valence-electron chi connectivity index (χ0n) is 13.2. The maximum absolute atomic E-state index is 12.2. The van der Waals surface area contributed by atoms with Crippen LogP contribution in [0, 0.1) is 5.92 Å². The molecule has 0 spiro atoms. The molecule has 0 atom stereocenters. The molecule has 23 heavy (non-hydrogen) atoms. The zero-order chi connectivity index (χ0) is 16.4. The first-order chi connectivity index (χ1) is 11.1. The molecule has 1 aliphatic rings. The van der Waals surface area contributed by atoms with Crippen LogP contribution in [-0.2, 0) is 16.0 Å². The number of hydrogen-bond acceptors (Lipinski definition) is 4. The van der Waals surface area contributed by atoms with E-state index in [-0.39, 0.29) is 11.8 Å².